The van der Waals surface area contributed by atoms with E-state index in [0.717, 1.165) is 42.1 Å². The quantitative estimate of drug-likeness (QED) is 0.473. The first-order valence-corrected chi connectivity index (χ1v) is 12.8. The molecule has 0 saturated heterocycles. The van der Waals surface area contributed by atoms with Gasteiger partial charge in [0.1, 0.15) is 17.0 Å². The van der Waals surface area contributed by atoms with Crippen molar-refractivity contribution in [1.82, 2.24) is 14.8 Å². The third-order valence-electron chi connectivity index (χ3n) is 7.60. The van der Waals surface area contributed by atoms with Crippen LogP contribution >= 0.6 is 11.6 Å². The summed E-state index contributed by atoms with van der Waals surface area (Å²) in [6.07, 6.45) is 6.62. The highest BCUT2D eigenvalue weighted by Crippen LogP contribution is 2.35. The molecule has 1 aromatic heterocycles. The molecule has 1 N–H and O–H groups in total. The fraction of sp³-hybridized carbons (Fsp3) is 0.429. The minimum absolute atomic E-state index is 0.111. The Morgan fingerprint density at radius 3 is 2.57 bits per heavy atom. The van der Waals surface area contributed by atoms with Crippen molar-refractivity contribution in [2.24, 2.45) is 0 Å². The molecule has 2 amide bonds. The molecule has 2 heterocycles. The van der Waals surface area contributed by atoms with Crippen molar-refractivity contribution in [2.45, 2.75) is 70.1 Å². The van der Waals surface area contributed by atoms with Crippen LogP contribution in [0.2, 0.25) is 5.02 Å². The standard InChI is InChI=1S/C28H32ClN3O3/c1-28(27(34)30-21-10-5-3-4-6-11-21)18-31-24-16-22(35-2)14-13-19(24)15-25(31)26(33)32(28)17-20-9-7-8-12-23(20)29/h7-9,12-16,21H,3-6,10-11,17-18H2,1-2H3,(H,30,34)/t28-/m1/s1. The summed E-state index contributed by atoms with van der Waals surface area (Å²) in [5, 5.41) is 4.84. The van der Waals surface area contributed by atoms with Crippen molar-refractivity contribution >= 4 is 34.3 Å². The predicted molar refractivity (Wildman–Crippen MR) is 138 cm³/mol. The average Bonchev–Trinajstić information content (AvgIpc) is 3.01. The zero-order valence-electron chi connectivity index (χ0n) is 20.4. The molecule has 7 heteroatoms. The summed E-state index contributed by atoms with van der Waals surface area (Å²) in [5.41, 5.74) is 1.20. The number of aromatic nitrogens is 1. The molecule has 5 rings (SSSR count). The first kappa shape index (κ1) is 23.7. The lowest BCUT2D eigenvalue weighted by molar-refractivity contribution is -0.134. The number of nitrogens with zero attached hydrogens (tertiary/aromatic N) is 2. The lowest BCUT2D eigenvalue weighted by Crippen LogP contribution is -2.64. The summed E-state index contributed by atoms with van der Waals surface area (Å²) in [6.45, 7) is 2.49. The van der Waals surface area contributed by atoms with Gasteiger partial charge in [0.25, 0.3) is 5.91 Å². The van der Waals surface area contributed by atoms with Crippen molar-refractivity contribution in [1.29, 1.82) is 0 Å². The van der Waals surface area contributed by atoms with Gasteiger partial charge in [-0.3, -0.25) is 9.59 Å². The highest BCUT2D eigenvalue weighted by atomic mass is 35.5. The van der Waals surface area contributed by atoms with Crippen LogP contribution in [0.15, 0.2) is 48.5 Å². The molecule has 35 heavy (non-hydrogen) atoms. The normalized spacial score (nSPS) is 21.0. The summed E-state index contributed by atoms with van der Waals surface area (Å²) in [4.78, 5) is 29.6. The summed E-state index contributed by atoms with van der Waals surface area (Å²) < 4.78 is 7.40. The third kappa shape index (κ3) is 4.40. The second-order valence-corrected chi connectivity index (χ2v) is 10.4. The number of carbonyl (C=O) groups excluding carboxylic acids is 2. The van der Waals surface area contributed by atoms with Gasteiger partial charge in [-0.2, -0.15) is 0 Å². The van der Waals surface area contributed by atoms with Crippen LogP contribution in [0.3, 0.4) is 0 Å². The third-order valence-corrected chi connectivity index (χ3v) is 7.97. The van der Waals surface area contributed by atoms with E-state index in [4.69, 9.17) is 16.3 Å². The van der Waals surface area contributed by atoms with Gasteiger partial charge in [0.15, 0.2) is 0 Å². The number of benzene rings is 2. The molecule has 3 aromatic rings. The average molecular weight is 494 g/mol. The zero-order chi connectivity index (χ0) is 24.6. The number of halogens is 1. The van der Waals surface area contributed by atoms with E-state index in [1.165, 1.54) is 12.8 Å². The number of carbonyl (C=O) groups is 2. The Morgan fingerprint density at radius 1 is 1.11 bits per heavy atom. The highest BCUT2D eigenvalue weighted by Gasteiger charge is 2.48. The van der Waals surface area contributed by atoms with Gasteiger partial charge in [-0.05, 0) is 49.6 Å². The number of fused-ring (bicyclic) bond motifs is 3. The van der Waals surface area contributed by atoms with Crippen LogP contribution in [0, 0.1) is 0 Å². The van der Waals surface area contributed by atoms with Gasteiger partial charge in [-0.1, -0.05) is 55.5 Å². The van der Waals surface area contributed by atoms with E-state index < -0.39 is 5.54 Å². The van der Waals surface area contributed by atoms with E-state index in [-0.39, 0.29) is 24.4 Å². The number of rotatable bonds is 5. The van der Waals surface area contributed by atoms with Crippen molar-refractivity contribution in [3.8, 4) is 5.75 Å². The van der Waals surface area contributed by atoms with Crippen LogP contribution in [0.4, 0.5) is 0 Å². The summed E-state index contributed by atoms with van der Waals surface area (Å²) in [5.74, 6) is 0.430. The molecule has 184 valence electrons. The first-order valence-electron chi connectivity index (χ1n) is 12.4. The maximum atomic E-state index is 14.0. The zero-order valence-corrected chi connectivity index (χ0v) is 21.1. The first-order chi connectivity index (χ1) is 16.9. The van der Waals surface area contributed by atoms with E-state index in [1.54, 1.807) is 12.0 Å². The van der Waals surface area contributed by atoms with Gasteiger partial charge in [0.05, 0.1) is 19.2 Å². The molecule has 0 spiro atoms. The smallest absolute Gasteiger partial charge is 0.271 e. The molecule has 0 bridgehead atoms. The number of hydrogen-bond acceptors (Lipinski definition) is 3. The maximum Gasteiger partial charge on any atom is 0.271 e. The number of methoxy groups -OCH3 is 1. The largest absolute Gasteiger partial charge is 0.497 e. The van der Waals surface area contributed by atoms with Crippen LogP contribution in [0.1, 0.15) is 61.5 Å². The van der Waals surface area contributed by atoms with E-state index in [1.807, 2.05) is 60.0 Å². The molecule has 1 saturated carbocycles. The topological polar surface area (TPSA) is 63.6 Å². The Morgan fingerprint density at radius 2 is 1.86 bits per heavy atom. The summed E-state index contributed by atoms with van der Waals surface area (Å²) >= 11 is 6.48. The van der Waals surface area contributed by atoms with Crippen LogP contribution < -0.4 is 10.1 Å². The van der Waals surface area contributed by atoms with Crippen LogP contribution in [0.5, 0.6) is 5.75 Å². The molecule has 2 aromatic carbocycles. The molecule has 2 aliphatic rings. The van der Waals surface area contributed by atoms with Gasteiger partial charge in [-0.15, -0.1) is 0 Å². The van der Waals surface area contributed by atoms with Gasteiger partial charge >= 0.3 is 0 Å². The highest BCUT2D eigenvalue weighted by molar-refractivity contribution is 6.31. The molecule has 0 radical (unpaired) electrons. The Bertz CT molecular complexity index is 1260. The van der Waals surface area contributed by atoms with Crippen molar-refractivity contribution in [3.63, 3.8) is 0 Å². The van der Waals surface area contributed by atoms with Crippen molar-refractivity contribution < 1.29 is 14.3 Å². The van der Waals surface area contributed by atoms with Crippen molar-refractivity contribution in [3.05, 3.63) is 64.8 Å². The second-order valence-electron chi connectivity index (χ2n) is 9.96. The summed E-state index contributed by atoms with van der Waals surface area (Å²) in [7, 11) is 1.63. The molecule has 1 fully saturated rings. The lowest BCUT2D eigenvalue weighted by Gasteiger charge is -2.44. The fourth-order valence-corrected chi connectivity index (χ4v) is 5.66. The van der Waals surface area contributed by atoms with Gasteiger partial charge < -0.3 is 19.5 Å². The Kier molecular flexibility index (Phi) is 6.49. The van der Waals surface area contributed by atoms with Gasteiger partial charge in [-0.25, -0.2) is 0 Å². The minimum Gasteiger partial charge on any atom is -0.497 e. The van der Waals surface area contributed by atoms with Crippen LogP contribution in [0.25, 0.3) is 10.9 Å². The monoisotopic (exact) mass is 493 g/mol. The van der Waals surface area contributed by atoms with Crippen LogP contribution in [-0.2, 0) is 17.9 Å². The number of ether oxygens (including phenoxy) is 1. The van der Waals surface area contributed by atoms with Gasteiger partial charge in [0.2, 0.25) is 5.91 Å². The van der Waals surface area contributed by atoms with Crippen LogP contribution in [-0.4, -0.2) is 40.0 Å². The molecular formula is C28H32ClN3O3. The minimum atomic E-state index is -1.08. The summed E-state index contributed by atoms with van der Waals surface area (Å²) in [6, 6.07) is 15.3. The molecule has 0 unspecified atom stereocenters. The number of amides is 2. The number of hydrogen-bond donors (Lipinski definition) is 1. The Labute approximate surface area is 211 Å². The molecule has 6 nitrogen and oxygen atoms in total. The Hall–Kier alpha value is -2.99. The van der Waals surface area contributed by atoms with E-state index in [2.05, 4.69) is 5.32 Å². The molecule has 1 aliphatic carbocycles. The number of nitrogens with one attached hydrogen (secondary N) is 1. The van der Waals surface area contributed by atoms with E-state index in [0.29, 0.717) is 23.0 Å². The SMILES string of the molecule is COc1ccc2cc3n(c2c1)C[C@](C)(C(=O)NC1CCCCCC1)N(Cc1ccccc1Cl)C3=O. The molecule has 1 atom stereocenters. The van der Waals surface area contributed by atoms with Crippen molar-refractivity contribution in [2.75, 3.05) is 7.11 Å². The maximum absolute atomic E-state index is 14.0. The Balaban J connectivity index is 1.56. The van der Waals surface area contributed by atoms with E-state index in [9.17, 15) is 9.59 Å². The lowest BCUT2D eigenvalue weighted by atomic mass is 9.93. The predicted octanol–water partition coefficient (Wildman–Crippen LogP) is 5.56. The molecule has 1 aliphatic heterocycles. The molecular weight excluding hydrogens is 462 g/mol. The second kappa shape index (κ2) is 9.57. The van der Waals surface area contributed by atoms with Gasteiger partial charge in [0, 0.05) is 29.1 Å². The fourth-order valence-electron chi connectivity index (χ4n) is 5.47. The van der Waals surface area contributed by atoms with E-state index >= 15 is 0 Å².